The first-order valence-electron chi connectivity index (χ1n) is 5.69. The minimum absolute atomic E-state index is 0.149. The van der Waals surface area contributed by atoms with Crippen molar-refractivity contribution in [3.8, 4) is 0 Å². The Morgan fingerprint density at radius 2 is 2.00 bits per heavy atom. The van der Waals surface area contributed by atoms with Gasteiger partial charge in [-0.1, -0.05) is 32.0 Å². The zero-order valence-corrected chi connectivity index (χ0v) is 11.1. The molecular weight excluding hydrogens is 232 g/mol. The largest absolute Gasteiger partial charge is 0.469 e. The van der Waals surface area contributed by atoms with Crippen LogP contribution in [0.2, 0.25) is 0 Å². The van der Waals surface area contributed by atoms with Gasteiger partial charge in [0.05, 0.1) is 13.0 Å². The number of esters is 1. The van der Waals surface area contributed by atoms with Gasteiger partial charge >= 0.3 is 5.97 Å². The SMILES string of the molecule is COC(=O)C(c1csc2ccccc12)C(C)C. The number of carbonyl (C=O) groups excluding carboxylic acids is 1. The second-order valence-corrected chi connectivity index (χ2v) is 5.34. The van der Waals surface area contributed by atoms with Crippen molar-refractivity contribution in [2.24, 2.45) is 5.92 Å². The third-order valence-corrected chi connectivity index (χ3v) is 3.95. The van der Waals surface area contributed by atoms with Gasteiger partial charge < -0.3 is 4.74 Å². The lowest BCUT2D eigenvalue weighted by atomic mass is 9.88. The fourth-order valence-corrected chi connectivity index (χ4v) is 3.12. The minimum Gasteiger partial charge on any atom is -0.469 e. The summed E-state index contributed by atoms with van der Waals surface area (Å²) in [4.78, 5) is 11.9. The van der Waals surface area contributed by atoms with Crippen LogP contribution in [0.1, 0.15) is 25.3 Å². The van der Waals surface area contributed by atoms with E-state index in [-0.39, 0.29) is 17.8 Å². The molecule has 17 heavy (non-hydrogen) atoms. The first-order valence-corrected chi connectivity index (χ1v) is 6.57. The molecule has 1 unspecified atom stereocenters. The van der Waals surface area contributed by atoms with Crippen molar-refractivity contribution >= 4 is 27.4 Å². The molecule has 2 aromatic rings. The van der Waals surface area contributed by atoms with Crippen LogP contribution >= 0.6 is 11.3 Å². The lowest BCUT2D eigenvalue weighted by Crippen LogP contribution is -2.19. The third-order valence-electron chi connectivity index (χ3n) is 2.97. The summed E-state index contributed by atoms with van der Waals surface area (Å²) in [7, 11) is 1.45. The molecule has 0 fully saturated rings. The Balaban J connectivity index is 2.53. The van der Waals surface area contributed by atoms with E-state index in [4.69, 9.17) is 4.74 Å². The van der Waals surface area contributed by atoms with Gasteiger partial charge in [0.1, 0.15) is 0 Å². The van der Waals surface area contributed by atoms with Gasteiger partial charge in [0.2, 0.25) is 0 Å². The quantitative estimate of drug-likeness (QED) is 0.772. The highest BCUT2D eigenvalue weighted by molar-refractivity contribution is 7.17. The van der Waals surface area contributed by atoms with E-state index >= 15 is 0 Å². The number of methoxy groups -OCH3 is 1. The summed E-state index contributed by atoms with van der Waals surface area (Å²) in [5.74, 6) is -0.0832. The average molecular weight is 248 g/mol. The van der Waals surface area contributed by atoms with Gasteiger partial charge in [-0.15, -0.1) is 11.3 Å². The lowest BCUT2D eigenvalue weighted by Gasteiger charge is -2.17. The highest BCUT2D eigenvalue weighted by Crippen LogP contribution is 2.35. The van der Waals surface area contributed by atoms with E-state index in [1.54, 1.807) is 11.3 Å². The molecule has 0 spiro atoms. The van der Waals surface area contributed by atoms with Crippen molar-refractivity contribution < 1.29 is 9.53 Å². The van der Waals surface area contributed by atoms with E-state index in [1.165, 1.54) is 17.2 Å². The molecule has 0 N–H and O–H groups in total. The van der Waals surface area contributed by atoms with Crippen LogP contribution in [0.5, 0.6) is 0 Å². The fraction of sp³-hybridized carbons (Fsp3) is 0.357. The van der Waals surface area contributed by atoms with Gasteiger partial charge in [-0.2, -0.15) is 0 Å². The van der Waals surface area contributed by atoms with Crippen molar-refractivity contribution in [1.82, 2.24) is 0 Å². The van der Waals surface area contributed by atoms with Crippen LogP contribution in [-0.2, 0) is 9.53 Å². The van der Waals surface area contributed by atoms with E-state index < -0.39 is 0 Å². The van der Waals surface area contributed by atoms with E-state index in [0.717, 1.165) is 5.56 Å². The van der Waals surface area contributed by atoms with Crippen LogP contribution in [0.15, 0.2) is 29.6 Å². The number of rotatable bonds is 3. The topological polar surface area (TPSA) is 26.3 Å². The monoisotopic (exact) mass is 248 g/mol. The van der Waals surface area contributed by atoms with Crippen LogP contribution in [0.25, 0.3) is 10.1 Å². The Morgan fingerprint density at radius 1 is 1.29 bits per heavy atom. The van der Waals surface area contributed by atoms with Crippen LogP contribution < -0.4 is 0 Å². The van der Waals surface area contributed by atoms with E-state index in [0.29, 0.717) is 0 Å². The normalized spacial score (nSPS) is 12.9. The Bertz CT molecular complexity index is 528. The number of hydrogen-bond acceptors (Lipinski definition) is 3. The molecule has 0 aliphatic rings. The number of thiophene rings is 1. The van der Waals surface area contributed by atoms with Crippen LogP contribution in [0, 0.1) is 5.92 Å². The standard InChI is InChI=1S/C14H16O2S/c1-9(2)13(14(15)16-3)11-8-17-12-7-5-4-6-10(11)12/h4-9,13H,1-3H3. The number of ether oxygens (including phenoxy) is 1. The maximum absolute atomic E-state index is 11.9. The molecule has 0 saturated carbocycles. The fourth-order valence-electron chi connectivity index (χ4n) is 2.12. The number of fused-ring (bicyclic) bond motifs is 1. The Hall–Kier alpha value is -1.35. The van der Waals surface area contributed by atoms with Gasteiger partial charge in [-0.3, -0.25) is 4.79 Å². The summed E-state index contributed by atoms with van der Waals surface area (Å²) in [5, 5.41) is 3.24. The third kappa shape index (κ3) is 2.20. The number of carbonyl (C=O) groups is 1. The summed E-state index contributed by atoms with van der Waals surface area (Å²) in [6.07, 6.45) is 0. The first kappa shape index (κ1) is 12.1. The van der Waals surface area contributed by atoms with Crippen LogP contribution in [0.3, 0.4) is 0 Å². The number of hydrogen-bond donors (Lipinski definition) is 0. The highest BCUT2D eigenvalue weighted by atomic mass is 32.1. The summed E-state index contributed by atoms with van der Waals surface area (Å²) in [6.45, 7) is 4.10. The zero-order chi connectivity index (χ0) is 12.4. The molecule has 3 heteroatoms. The second-order valence-electron chi connectivity index (χ2n) is 4.43. The van der Waals surface area contributed by atoms with E-state index in [1.807, 2.05) is 26.0 Å². The van der Waals surface area contributed by atoms with Crippen molar-refractivity contribution in [2.75, 3.05) is 7.11 Å². The van der Waals surface area contributed by atoms with Gasteiger partial charge in [0.15, 0.2) is 0 Å². The number of benzene rings is 1. The molecule has 1 heterocycles. The molecule has 2 nitrogen and oxygen atoms in total. The maximum Gasteiger partial charge on any atom is 0.313 e. The molecule has 0 amide bonds. The molecule has 1 aromatic carbocycles. The van der Waals surface area contributed by atoms with Gasteiger partial charge in [-0.25, -0.2) is 0 Å². The molecule has 1 aromatic heterocycles. The Labute approximate surface area is 105 Å². The van der Waals surface area contributed by atoms with Crippen LogP contribution in [-0.4, -0.2) is 13.1 Å². The predicted octanol–water partition coefficient (Wildman–Crippen LogP) is 3.81. The minimum atomic E-state index is -0.170. The van der Waals surface area contributed by atoms with Gasteiger partial charge in [0.25, 0.3) is 0 Å². The average Bonchev–Trinajstić information content (AvgIpc) is 2.73. The first-order chi connectivity index (χ1) is 8.15. The molecule has 1 atom stereocenters. The Morgan fingerprint density at radius 3 is 2.65 bits per heavy atom. The van der Waals surface area contributed by atoms with Crippen LogP contribution in [0.4, 0.5) is 0 Å². The molecule has 0 bridgehead atoms. The van der Waals surface area contributed by atoms with E-state index in [9.17, 15) is 4.79 Å². The second kappa shape index (κ2) is 4.88. The summed E-state index contributed by atoms with van der Waals surface area (Å²) >= 11 is 1.68. The summed E-state index contributed by atoms with van der Waals surface area (Å²) in [5.41, 5.74) is 1.09. The summed E-state index contributed by atoms with van der Waals surface area (Å²) < 4.78 is 6.13. The van der Waals surface area contributed by atoms with E-state index in [2.05, 4.69) is 17.5 Å². The highest BCUT2D eigenvalue weighted by Gasteiger charge is 2.27. The van der Waals surface area contributed by atoms with Gasteiger partial charge in [-0.05, 0) is 28.3 Å². The molecule has 0 aliphatic heterocycles. The molecule has 90 valence electrons. The van der Waals surface area contributed by atoms with Crippen molar-refractivity contribution in [3.63, 3.8) is 0 Å². The molecular formula is C14H16O2S. The lowest BCUT2D eigenvalue weighted by molar-refractivity contribution is -0.143. The zero-order valence-electron chi connectivity index (χ0n) is 10.3. The van der Waals surface area contributed by atoms with Crippen molar-refractivity contribution in [1.29, 1.82) is 0 Å². The van der Waals surface area contributed by atoms with Gasteiger partial charge in [0, 0.05) is 4.70 Å². The summed E-state index contributed by atoms with van der Waals surface area (Å²) in [6, 6.07) is 8.18. The smallest absolute Gasteiger partial charge is 0.313 e. The molecule has 0 saturated heterocycles. The Kier molecular flexibility index (Phi) is 3.48. The molecule has 2 rings (SSSR count). The molecule has 0 radical (unpaired) electrons. The van der Waals surface area contributed by atoms with Crippen molar-refractivity contribution in [2.45, 2.75) is 19.8 Å². The van der Waals surface area contributed by atoms with Crippen molar-refractivity contribution in [3.05, 3.63) is 35.2 Å². The maximum atomic E-state index is 11.9. The predicted molar refractivity (Wildman–Crippen MR) is 71.4 cm³/mol. The molecule has 0 aliphatic carbocycles.